The molecule has 0 aliphatic carbocycles. The molecule has 1 aromatic carbocycles. The Morgan fingerprint density at radius 2 is 2.08 bits per heavy atom. The number of nitrogens with one attached hydrogen (secondary N) is 1. The Bertz CT molecular complexity index is 636. The first kappa shape index (κ1) is 17.9. The van der Waals surface area contributed by atoms with E-state index in [0.29, 0.717) is 6.61 Å². The molecule has 1 saturated heterocycles. The van der Waals surface area contributed by atoms with E-state index in [1.165, 1.54) is 5.56 Å². The zero-order chi connectivity index (χ0) is 17.3. The maximum Gasteiger partial charge on any atom is 0.124 e. The van der Waals surface area contributed by atoms with E-state index in [4.69, 9.17) is 9.47 Å². The number of likely N-dealkylation sites (N-methyl/N-ethyl adjacent to an activating group) is 1. The van der Waals surface area contributed by atoms with E-state index in [-0.39, 0.29) is 6.10 Å². The molecule has 1 aliphatic rings. The molecule has 1 fully saturated rings. The minimum absolute atomic E-state index is 0.263. The van der Waals surface area contributed by atoms with E-state index in [1.807, 2.05) is 30.3 Å². The molecule has 5 nitrogen and oxygen atoms in total. The molecule has 3 rings (SSSR count). The van der Waals surface area contributed by atoms with Gasteiger partial charge >= 0.3 is 0 Å². The summed E-state index contributed by atoms with van der Waals surface area (Å²) in [7, 11) is 0. The maximum absolute atomic E-state index is 5.99. The Morgan fingerprint density at radius 1 is 1.24 bits per heavy atom. The van der Waals surface area contributed by atoms with Gasteiger partial charge in [0.25, 0.3) is 0 Å². The van der Waals surface area contributed by atoms with Crippen LogP contribution < -0.4 is 10.1 Å². The molecule has 0 saturated carbocycles. The van der Waals surface area contributed by atoms with Gasteiger partial charge in [-0.05, 0) is 30.3 Å². The van der Waals surface area contributed by atoms with Gasteiger partial charge in [0.15, 0.2) is 0 Å². The molecule has 2 heterocycles. The molecule has 1 N–H and O–H groups in total. The Kier molecular flexibility index (Phi) is 6.79. The average Bonchev–Trinajstić information content (AvgIpc) is 2.68. The molecule has 0 unspecified atom stereocenters. The van der Waals surface area contributed by atoms with Gasteiger partial charge in [-0.15, -0.1) is 0 Å². The van der Waals surface area contributed by atoms with Gasteiger partial charge in [0.2, 0.25) is 0 Å². The molecule has 2 aromatic rings. The highest BCUT2D eigenvalue weighted by molar-refractivity contribution is 5.33. The number of benzene rings is 1. The highest BCUT2D eigenvalue weighted by atomic mass is 16.5. The number of pyridine rings is 1. The summed E-state index contributed by atoms with van der Waals surface area (Å²) >= 11 is 0. The zero-order valence-electron chi connectivity index (χ0n) is 14.9. The fourth-order valence-electron chi connectivity index (χ4n) is 2.99. The first-order valence-corrected chi connectivity index (χ1v) is 8.99. The fraction of sp³-hybridized carbons (Fsp3) is 0.450. The quantitative estimate of drug-likeness (QED) is 0.799. The highest BCUT2D eigenvalue weighted by Gasteiger charge is 2.18. The van der Waals surface area contributed by atoms with Crippen LogP contribution >= 0.6 is 0 Å². The number of para-hydroxylation sites is 1. The van der Waals surface area contributed by atoms with E-state index < -0.39 is 0 Å². The third kappa shape index (κ3) is 5.53. The molecule has 1 atom stereocenters. The second kappa shape index (κ2) is 9.51. The minimum atomic E-state index is 0.263. The van der Waals surface area contributed by atoms with Crippen LogP contribution in [-0.2, 0) is 17.9 Å². The summed E-state index contributed by atoms with van der Waals surface area (Å²) in [5, 5.41) is 3.51. The molecule has 0 bridgehead atoms. The summed E-state index contributed by atoms with van der Waals surface area (Å²) in [6.07, 6.45) is 3.84. The van der Waals surface area contributed by atoms with Gasteiger partial charge < -0.3 is 14.8 Å². The van der Waals surface area contributed by atoms with E-state index in [9.17, 15) is 0 Å². The lowest BCUT2D eigenvalue weighted by Crippen LogP contribution is -2.46. The van der Waals surface area contributed by atoms with Crippen molar-refractivity contribution >= 4 is 0 Å². The van der Waals surface area contributed by atoms with Crippen molar-refractivity contribution in [1.29, 1.82) is 0 Å². The summed E-state index contributed by atoms with van der Waals surface area (Å²) in [4.78, 5) is 6.47. The van der Waals surface area contributed by atoms with Crippen LogP contribution in [0, 0.1) is 0 Å². The molecule has 1 aromatic heterocycles. The minimum Gasteiger partial charge on any atom is -0.489 e. The van der Waals surface area contributed by atoms with Crippen LogP contribution in [-0.4, -0.2) is 48.8 Å². The summed E-state index contributed by atoms with van der Waals surface area (Å²) in [5.41, 5.74) is 2.28. The average molecular weight is 341 g/mol. The molecule has 0 spiro atoms. The zero-order valence-corrected chi connectivity index (χ0v) is 14.9. The predicted molar refractivity (Wildman–Crippen MR) is 98.6 cm³/mol. The van der Waals surface area contributed by atoms with E-state index in [2.05, 4.69) is 28.2 Å². The lowest BCUT2D eigenvalue weighted by Gasteiger charge is -2.32. The molecule has 5 heteroatoms. The van der Waals surface area contributed by atoms with Crippen molar-refractivity contribution < 1.29 is 9.47 Å². The molecular formula is C20H27N3O2. The van der Waals surface area contributed by atoms with Crippen molar-refractivity contribution in [3.8, 4) is 5.75 Å². The molecule has 0 amide bonds. The Balaban J connectivity index is 1.49. The van der Waals surface area contributed by atoms with Crippen LogP contribution in [0.15, 0.2) is 48.8 Å². The van der Waals surface area contributed by atoms with Gasteiger partial charge in [0, 0.05) is 44.1 Å². The van der Waals surface area contributed by atoms with Crippen LogP contribution in [0.2, 0.25) is 0 Å². The first-order chi connectivity index (χ1) is 12.3. The van der Waals surface area contributed by atoms with Crippen molar-refractivity contribution in [3.63, 3.8) is 0 Å². The van der Waals surface area contributed by atoms with Gasteiger partial charge in [-0.2, -0.15) is 0 Å². The van der Waals surface area contributed by atoms with Gasteiger partial charge in [-0.3, -0.25) is 9.88 Å². The van der Waals surface area contributed by atoms with Crippen molar-refractivity contribution in [2.75, 3.05) is 32.8 Å². The van der Waals surface area contributed by atoms with Crippen LogP contribution in [0.4, 0.5) is 0 Å². The van der Waals surface area contributed by atoms with Crippen LogP contribution in [0.3, 0.4) is 0 Å². The highest BCUT2D eigenvalue weighted by Crippen LogP contribution is 2.19. The lowest BCUT2D eigenvalue weighted by molar-refractivity contribution is -0.0253. The fourth-order valence-corrected chi connectivity index (χ4v) is 2.99. The predicted octanol–water partition coefficient (Wildman–Crippen LogP) is 2.47. The monoisotopic (exact) mass is 341 g/mol. The number of aromatic nitrogens is 1. The second-order valence-electron chi connectivity index (χ2n) is 6.27. The second-order valence-corrected chi connectivity index (χ2v) is 6.27. The van der Waals surface area contributed by atoms with Gasteiger partial charge in [0.05, 0.1) is 12.7 Å². The number of hydrogen-bond acceptors (Lipinski definition) is 5. The number of rotatable bonds is 8. The summed E-state index contributed by atoms with van der Waals surface area (Å²) in [6, 6.07) is 12.1. The summed E-state index contributed by atoms with van der Waals surface area (Å²) < 4.78 is 11.8. The van der Waals surface area contributed by atoms with Crippen LogP contribution in [0.25, 0.3) is 0 Å². The topological polar surface area (TPSA) is 46.6 Å². The molecule has 134 valence electrons. The van der Waals surface area contributed by atoms with Gasteiger partial charge in [-0.1, -0.05) is 25.1 Å². The first-order valence-electron chi connectivity index (χ1n) is 8.99. The number of nitrogens with zero attached hydrogens (tertiary/aromatic N) is 2. The van der Waals surface area contributed by atoms with E-state index >= 15 is 0 Å². The summed E-state index contributed by atoms with van der Waals surface area (Å²) in [6.45, 7) is 8.34. The molecular weight excluding hydrogens is 314 g/mol. The van der Waals surface area contributed by atoms with Gasteiger partial charge in [0.1, 0.15) is 12.4 Å². The third-order valence-corrected chi connectivity index (χ3v) is 4.47. The smallest absolute Gasteiger partial charge is 0.124 e. The largest absolute Gasteiger partial charge is 0.489 e. The van der Waals surface area contributed by atoms with Gasteiger partial charge in [-0.25, -0.2) is 0 Å². The van der Waals surface area contributed by atoms with Crippen molar-refractivity contribution in [1.82, 2.24) is 15.2 Å². The Hall–Kier alpha value is -1.95. The molecule has 25 heavy (non-hydrogen) atoms. The Labute approximate surface area is 150 Å². The normalized spacial score (nSPS) is 18.2. The van der Waals surface area contributed by atoms with E-state index in [1.54, 1.807) is 12.4 Å². The van der Waals surface area contributed by atoms with Crippen molar-refractivity contribution in [3.05, 3.63) is 59.9 Å². The van der Waals surface area contributed by atoms with Crippen LogP contribution in [0.1, 0.15) is 18.1 Å². The lowest BCUT2D eigenvalue weighted by atomic mass is 10.2. The number of ether oxygens (including phenoxy) is 2. The summed E-state index contributed by atoms with van der Waals surface area (Å²) in [5.74, 6) is 0.923. The third-order valence-electron chi connectivity index (χ3n) is 4.47. The molecule has 0 radical (unpaired) electrons. The molecule has 1 aliphatic heterocycles. The van der Waals surface area contributed by atoms with Crippen molar-refractivity contribution in [2.24, 2.45) is 0 Å². The number of hydrogen-bond donors (Lipinski definition) is 1. The Morgan fingerprint density at radius 3 is 2.92 bits per heavy atom. The maximum atomic E-state index is 5.99. The van der Waals surface area contributed by atoms with Crippen LogP contribution in [0.5, 0.6) is 5.75 Å². The van der Waals surface area contributed by atoms with E-state index in [0.717, 1.165) is 50.6 Å². The van der Waals surface area contributed by atoms with Crippen molar-refractivity contribution in [2.45, 2.75) is 26.2 Å². The SMILES string of the molecule is CCN1CCO[C@H](CNCc2ccccc2OCc2ccncc2)C1. The standard InChI is InChI=1S/C20H27N3O2/c1-2-23-11-12-24-19(15-23)14-22-13-18-5-3-4-6-20(18)25-16-17-7-9-21-10-8-17/h3-10,19,22H,2,11-16H2,1H3/t19-/m1/s1. The number of morpholine rings is 1.